The second-order valence-electron chi connectivity index (χ2n) is 11.0. The largest absolute Gasteiger partial charge is 0.420 e. The van der Waals surface area contributed by atoms with E-state index < -0.39 is 47.2 Å². The van der Waals surface area contributed by atoms with Gasteiger partial charge in [0.25, 0.3) is 11.8 Å². The van der Waals surface area contributed by atoms with Crippen molar-refractivity contribution in [2.45, 2.75) is 6.42 Å². The molecule has 21 heteroatoms. The molecule has 0 atom stereocenters. The van der Waals surface area contributed by atoms with Crippen molar-refractivity contribution in [3.8, 4) is 5.75 Å². The maximum Gasteiger partial charge on any atom is 0.313 e. The Morgan fingerprint density at radius 2 is 0.643 bits per heavy atom. The fraction of sp³-hybridized carbons (Fsp3) is 0.686. The Labute approximate surface area is 321 Å². The number of imide groups is 1. The second-order valence-corrected chi connectivity index (χ2v) is 11.0. The number of benzene rings is 1. The zero-order chi connectivity index (χ0) is 40.6. The molecule has 1 aromatic carbocycles. The van der Waals surface area contributed by atoms with Gasteiger partial charge in [-0.2, -0.15) is 8.78 Å². The average molecular weight is 820 g/mol. The molecule has 2 rings (SSSR count). The number of carbonyl (C=O) groups excluding carboxylic acids is 3. The Morgan fingerprint density at radius 1 is 0.393 bits per heavy atom. The summed E-state index contributed by atoms with van der Waals surface area (Å²) in [5.41, 5.74) is 0. The first-order valence-corrected chi connectivity index (χ1v) is 17.8. The zero-order valence-electron chi connectivity index (χ0n) is 31.1. The molecule has 0 bridgehead atoms. The Balaban J connectivity index is 1.19. The highest BCUT2D eigenvalue weighted by atomic mass is 19.2. The summed E-state index contributed by atoms with van der Waals surface area (Å²) in [6, 6.07) is 0. The third kappa shape index (κ3) is 21.9. The van der Waals surface area contributed by atoms with Crippen LogP contribution in [0.15, 0.2) is 12.2 Å². The lowest BCUT2D eigenvalue weighted by Crippen LogP contribution is -2.33. The number of nitrogens with zero attached hydrogens (tertiary/aromatic N) is 1. The molecule has 1 aliphatic rings. The van der Waals surface area contributed by atoms with E-state index in [9.17, 15) is 36.3 Å². The fourth-order valence-electron chi connectivity index (χ4n) is 4.10. The summed E-state index contributed by atoms with van der Waals surface area (Å²) in [7, 11) is 0. The average Bonchev–Trinajstić information content (AvgIpc) is 3.51. The van der Waals surface area contributed by atoms with Crippen LogP contribution in [0.2, 0.25) is 0 Å². The molecule has 2 amide bonds. The van der Waals surface area contributed by atoms with Crippen LogP contribution in [0.1, 0.15) is 6.42 Å². The second kappa shape index (κ2) is 31.8. The van der Waals surface area contributed by atoms with E-state index >= 15 is 0 Å². The van der Waals surface area contributed by atoms with Crippen molar-refractivity contribution in [2.75, 3.05) is 152 Å². The molecule has 1 aliphatic heterocycles. The van der Waals surface area contributed by atoms with Crippen LogP contribution in [0.5, 0.6) is 5.75 Å². The van der Waals surface area contributed by atoms with Gasteiger partial charge in [-0.25, -0.2) is 13.2 Å². The van der Waals surface area contributed by atoms with Gasteiger partial charge < -0.3 is 56.8 Å². The molecular formula is C35H50F5NO15. The van der Waals surface area contributed by atoms with Crippen molar-refractivity contribution in [1.29, 1.82) is 0 Å². The molecule has 0 fully saturated rings. The van der Waals surface area contributed by atoms with Crippen LogP contribution < -0.4 is 4.74 Å². The molecule has 0 aliphatic carbocycles. The minimum atomic E-state index is -2.35. The number of hydrogen-bond donors (Lipinski definition) is 0. The van der Waals surface area contributed by atoms with Gasteiger partial charge in [0, 0.05) is 12.2 Å². The van der Waals surface area contributed by atoms with Gasteiger partial charge in [-0.15, -0.1) is 0 Å². The first-order valence-electron chi connectivity index (χ1n) is 17.8. The number of amides is 2. The lowest BCUT2D eigenvalue weighted by atomic mass is 10.2. The number of hydrogen-bond acceptors (Lipinski definition) is 15. The maximum absolute atomic E-state index is 13.6. The van der Waals surface area contributed by atoms with Crippen LogP contribution in [0.25, 0.3) is 0 Å². The van der Waals surface area contributed by atoms with Crippen LogP contribution in [0, 0.1) is 29.1 Å². The van der Waals surface area contributed by atoms with Crippen LogP contribution in [0.4, 0.5) is 22.0 Å². The third-order valence-electron chi connectivity index (χ3n) is 6.92. The van der Waals surface area contributed by atoms with Gasteiger partial charge in [0.15, 0.2) is 0 Å². The molecular weight excluding hydrogens is 769 g/mol. The predicted molar refractivity (Wildman–Crippen MR) is 181 cm³/mol. The third-order valence-corrected chi connectivity index (χ3v) is 6.92. The molecule has 0 unspecified atom stereocenters. The van der Waals surface area contributed by atoms with E-state index in [2.05, 4.69) is 4.74 Å². The molecule has 0 spiro atoms. The van der Waals surface area contributed by atoms with E-state index in [1.807, 2.05) is 0 Å². The summed E-state index contributed by atoms with van der Waals surface area (Å²) < 4.78 is 130. The minimum absolute atomic E-state index is 0.0715. The van der Waals surface area contributed by atoms with Crippen molar-refractivity contribution in [3.63, 3.8) is 0 Å². The van der Waals surface area contributed by atoms with E-state index in [4.69, 9.17) is 52.1 Å². The van der Waals surface area contributed by atoms with E-state index in [-0.39, 0.29) is 51.4 Å². The summed E-state index contributed by atoms with van der Waals surface area (Å²) in [6.45, 7) is 7.48. The smallest absolute Gasteiger partial charge is 0.313 e. The molecule has 0 N–H and O–H groups in total. The van der Waals surface area contributed by atoms with Crippen molar-refractivity contribution in [3.05, 3.63) is 41.2 Å². The van der Waals surface area contributed by atoms with Crippen LogP contribution in [-0.2, 0) is 66.5 Å². The Morgan fingerprint density at radius 3 is 0.946 bits per heavy atom. The van der Waals surface area contributed by atoms with Crippen LogP contribution in [-0.4, -0.2) is 175 Å². The molecule has 0 saturated heterocycles. The summed E-state index contributed by atoms with van der Waals surface area (Å²) >= 11 is 0. The van der Waals surface area contributed by atoms with Crippen molar-refractivity contribution < 1.29 is 93.2 Å². The number of carbonyl (C=O) groups is 3. The van der Waals surface area contributed by atoms with Gasteiger partial charge in [0.05, 0.1) is 158 Å². The van der Waals surface area contributed by atoms with E-state index in [1.165, 1.54) is 12.2 Å². The molecule has 0 aromatic heterocycles. The highest BCUT2D eigenvalue weighted by Crippen LogP contribution is 2.29. The van der Waals surface area contributed by atoms with E-state index in [1.54, 1.807) is 0 Å². The molecule has 0 radical (unpaired) electrons. The molecule has 56 heavy (non-hydrogen) atoms. The monoisotopic (exact) mass is 819 g/mol. The minimum Gasteiger partial charge on any atom is -0.420 e. The van der Waals surface area contributed by atoms with Crippen molar-refractivity contribution >= 4 is 17.8 Å². The number of rotatable bonds is 37. The van der Waals surface area contributed by atoms with E-state index in [0.29, 0.717) is 112 Å². The SMILES string of the molecule is O=C(CCOCCOCCOCCOCCOCCOCCOCCOCCOCCOCCOCCN1C(=O)C=CC1=O)Oc1c(F)c(F)c(F)c(F)c1F. The standard InChI is InChI=1S/C35H50F5NO15/c36-30-31(37)33(39)35(34(40)32(30)38)56-29(44)3-5-45-7-9-47-11-13-49-15-17-51-19-21-53-23-25-55-26-24-54-22-20-52-18-16-50-14-12-48-10-8-46-6-4-41-27(42)1-2-28(41)43/h1-2H,3-26H2. The molecule has 0 saturated carbocycles. The van der Waals surface area contributed by atoms with Crippen molar-refractivity contribution in [1.82, 2.24) is 4.90 Å². The van der Waals surface area contributed by atoms with Crippen LogP contribution in [0.3, 0.4) is 0 Å². The Bertz CT molecular complexity index is 1250. The van der Waals surface area contributed by atoms with Gasteiger partial charge in [0.2, 0.25) is 34.8 Å². The normalized spacial score (nSPS) is 12.8. The fourth-order valence-corrected chi connectivity index (χ4v) is 4.10. The summed E-state index contributed by atoms with van der Waals surface area (Å²) in [5.74, 6) is -14.8. The first-order chi connectivity index (χ1) is 27.2. The Hall–Kier alpha value is -3.22. The van der Waals surface area contributed by atoms with E-state index in [0.717, 1.165) is 4.90 Å². The van der Waals surface area contributed by atoms with Gasteiger partial charge >= 0.3 is 5.97 Å². The van der Waals surface area contributed by atoms with Crippen LogP contribution >= 0.6 is 0 Å². The molecule has 1 aromatic rings. The van der Waals surface area contributed by atoms with Gasteiger partial charge in [-0.3, -0.25) is 19.3 Å². The summed E-state index contributed by atoms with van der Waals surface area (Å²) in [6.07, 6.45) is 1.98. The van der Waals surface area contributed by atoms with Gasteiger partial charge in [0.1, 0.15) is 0 Å². The number of esters is 1. The topological polar surface area (TPSA) is 165 Å². The molecule has 16 nitrogen and oxygen atoms in total. The highest BCUT2D eigenvalue weighted by molar-refractivity contribution is 6.12. The number of ether oxygens (including phenoxy) is 12. The van der Waals surface area contributed by atoms with Gasteiger partial charge in [-0.1, -0.05) is 0 Å². The van der Waals surface area contributed by atoms with Crippen molar-refractivity contribution in [2.24, 2.45) is 0 Å². The molecule has 320 valence electrons. The lowest BCUT2D eigenvalue weighted by molar-refractivity contribution is -0.138. The lowest BCUT2D eigenvalue weighted by Gasteiger charge is -2.13. The Kier molecular flexibility index (Phi) is 27.8. The summed E-state index contributed by atoms with van der Waals surface area (Å²) in [4.78, 5) is 35.6. The van der Waals surface area contributed by atoms with Gasteiger partial charge in [-0.05, 0) is 0 Å². The number of halogens is 5. The quantitative estimate of drug-likeness (QED) is 0.0181. The summed E-state index contributed by atoms with van der Waals surface area (Å²) in [5, 5.41) is 0. The maximum atomic E-state index is 13.6. The predicted octanol–water partition coefficient (Wildman–Crippen LogP) is 1.79. The highest BCUT2D eigenvalue weighted by Gasteiger charge is 2.28. The first kappa shape index (κ1) is 48.9. The zero-order valence-corrected chi connectivity index (χ0v) is 31.1. The molecule has 1 heterocycles.